The lowest BCUT2D eigenvalue weighted by molar-refractivity contribution is -0.172. The van der Waals surface area contributed by atoms with Crippen LogP contribution in [0.2, 0.25) is 0 Å². The zero-order chi connectivity index (χ0) is 17.7. The summed E-state index contributed by atoms with van der Waals surface area (Å²) in [6.07, 6.45) is -4.94. The molecule has 0 fully saturated rings. The molecule has 0 spiro atoms. The Balaban J connectivity index is 2.32. The summed E-state index contributed by atoms with van der Waals surface area (Å²) in [7, 11) is 2.97. The first-order chi connectivity index (χ1) is 11.3. The van der Waals surface area contributed by atoms with Crippen molar-refractivity contribution in [2.45, 2.75) is 18.5 Å². The lowest BCUT2D eigenvalue weighted by atomic mass is 9.88. The fourth-order valence-corrected chi connectivity index (χ4v) is 2.39. The van der Waals surface area contributed by atoms with Crippen molar-refractivity contribution in [3.05, 3.63) is 59.7 Å². The van der Waals surface area contributed by atoms with E-state index in [0.29, 0.717) is 22.6 Å². The van der Waals surface area contributed by atoms with Crippen LogP contribution in [0.15, 0.2) is 48.5 Å². The van der Waals surface area contributed by atoms with Crippen LogP contribution in [0.25, 0.3) is 0 Å². The van der Waals surface area contributed by atoms with Crippen molar-refractivity contribution in [1.29, 1.82) is 0 Å². The summed E-state index contributed by atoms with van der Waals surface area (Å²) in [5.41, 5.74) is 0.920. The van der Waals surface area contributed by atoms with E-state index >= 15 is 0 Å². The average molecular weight is 338 g/mol. The highest BCUT2D eigenvalue weighted by Crippen LogP contribution is 2.31. The van der Waals surface area contributed by atoms with E-state index in [0.717, 1.165) is 0 Å². The van der Waals surface area contributed by atoms with Gasteiger partial charge in [-0.05, 0) is 41.8 Å². The molecule has 2 rings (SSSR count). The van der Waals surface area contributed by atoms with Crippen molar-refractivity contribution in [1.82, 2.24) is 0 Å². The Bertz CT molecular complexity index is 676. The van der Waals surface area contributed by atoms with E-state index in [1.807, 2.05) is 0 Å². The van der Waals surface area contributed by atoms with Crippen molar-refractivity contribution in [2.24, 2.45) is 0 Å². The molecule has 0 radical (unpaired) electrons. The number of hydrogen-bond donors (Lipinski definition) is 0. The maximum atomic E-state index is 13.0. The molecule has 2 aromatic rings. The molecule has 1 unspecified atom stereocenters. The Kier molecular flexibility index (Phi) is 5.49. The normalized spacial score (nSPS) is 12.5. The number of halogens is 3. The highest BCUT2D eigenvalue weighted by atomic mass is 19.4. The molecule has 0 aromatic heterocycles. The molecule has 0 aliphatic carbocycles. The second kappa shape index (κ2) is 7.38. The van der Waals surface area contributed by atoms with Gasteiger partial charge in [0.1, 0.15) is 11.5 Å². The van der Waals surface area contributed by atoms with Crippen molar-refractivity contribution in [3.63, 3.8) is 0 Å². The van der Waals surface area contributed by atoms with E-state index in [-0.39, 0.29) is 6.42 Å². The number of ether oxygens (including phenoxy) is 2. The Morgan fingerprint density at radius 1 is 0.917 bits per heavy atom. The van der Waals surface area contributed by atoms with E-state index in [1.165, 1.54) is 26.4 Å². The zero-order valence-corrected chi connectivity index (χ0v) is 13.3. The van der Waals surface area contributed by atoms with Gasteiger partial charge in [0.2, 0.25) is 5.78 Å². The first-order valence-electron chi connectivity index (χ1n) is 7.23. The molecule has 0 amide bonds. The molecule has 24 heavy (non-hydrogen) atoms. The monoisotopic (exact) mass is 338 g/mol. The van der Waals surface area contributed by atoms with Crippen LogP contribution in [0.1, 0.15) is 17.0 Å². The topological polar surface area (TPSA) is 35.5 Å². The number of carbonyl (C=O) groups is 1. The van der Waals surface area contributed by atoms with Gasteiger partial charge in [0.15, 0.2) is 0 Å². The van der Waals surface area contributed by atoms with E-state index < -0.39 is 17.9 Å². The number of benzene rings is 2. The lowest BCUT2D eigenvalue weighted by Crippen LogP contribution is -2.30. The number of ketones is 1. The van der Waals surface area contributed by atoms with Gasteiger partial charge in [0.25, 0.3) is 0 Å². The number of alkyl halides is 3. The first kappa shape index (κ1) is 17.8. The first-order valence-corrected chi connectivity index (χ1v) is 7.23. The van der Waals surface area contributed by atoms with Crippen molar-refractivity contribution < 1.29 is 27.4 Å². The second-order valence-electron chi connectivity index (χ2n) is 5.24. The Labute approximate surface area is 138 Å². The summed E-state index contributed by atoms with van der Waals surface area (Å²) >= 11 is 0. The largest absolute Gasteiger partial charge is 0.497 e. The van der Waals surface area contributed by atoms with Crippen LogP contribution in [0, 0.1) is 0 Å². The zero-order valence-electron chi connectivity index (χ0n) is 13.3. The van der Waals surface area contributed by atoms with E-state index in [2.05, 4.69) is 0 Å². The minimum absolute atomic E-state index is 0.0470. The standard InChI is InChI=1S/C18H17F3O3/c1-23-14-7-3-12(4-8-14)11-16(17(22)18(19,20)21)13-5-9-15(24-2)10-6-13/h3-10,16H,11H2,1-2H3. The Morgan fingerprint density at radius 3 is 1.79 bits per heavy atom. The number of rotatable bonds is 6. The van der Waals surface area contributed by atoms with Gasteiger partial charge in [-0.15, -0.1) is 0 Å². The SMILES string of the molecule is COc1ccc(CC(C(=O)C(F)(F)F)c2ccc(OC)cc2)cc1. The molecule has 0 bridgehead atoms. The van der Waals surface area contributed by atoms with Gasteiger partial charge in [-0.1, -0.05) is 24.3 Å². The van der Waals surface area contributed by atoms with Crippen LogP contribution in [0.3, 0.4) is 0 Å². The summed E-state index contributed by atoms with van der Waals surface area (Å²) in [6, 6.07) is 12.7. The molecular weight excluding hydrogens is 321 g/mol. The van der Waals surface area contributed by atoms with E-state index in [1.54, 1.807) is 36.4 Å². The van der Waals surface area contributed by atoms with Crippen LogP contribution in [-0.2, 0) is 11.2 Å². The van der Waals surface area contributed by atoms with Crippen molar-refractivity contribution in [3.8, 4) is 11.5 Å². The second-order valence-corrected chi connectivity index (χ2v) is 5.24. The van der Waals surface area contributed by atoms with E-state index in [4.69, 9.17) is 9.47 Å². The quantitative estimate of drug-likeness (QED) is 0.793. The molecule has 0 aliphatic rings. The van der Waals surface area contributed by atoms with Gasteiger partial charge in [0.05, 0.1) is 20.1 Å². The number of Topliss-reactive ketones (excluding diaryl/α,β-unsaturated/α-hetero) is 1. The molecule has 6 heteroatoms. The molecule has 3 nitrogen and oxygen atoms in total. The fraction of sp³-hybridized carbons (Fsp3) is 0.278. The van der Waals surface area contributed by atoms with E-state index in [9.17, 15) is 18.0 Å². The number of hydrogen-bond acceptors (Lipinski definition) is 3. The maximum Gasteiger partial charge on any atom is 0.450 e. The summed E-state index contributed by atoms with van der Waals surface area (Å²) in [5.74, 6) is -1.95. The maximum absolute atomic E-state index is 13.0. The molecule has 0 heterocycles. The lowest BCUT2D eigenvalue weighted by Gasteiger charge is -2.18. The fourth-order valence-electron chi connectivity index (χ4n) is 2.39. The summed E-state index contributed by atoms with van der Waals surface area (Å²) < 4.78 is 48.9. The van der Waals surface area contributed by atoms with Crippen molar-refractivity contribution in [2.75, 3.05) is 14.2 Å². The van der Waals surface area contributed by atoms with Crippen LogP contribution in [0.4, 0.5) is 13.2 Å². The molecule has 0 saturated carbocycles. The van der Waals surface area contributed by atoms with Gasteiger partial charge < -0.3 is 9.47 Å². The summed E-state index contributed by atoms with van der Waals surface area (Å²) in [5, 5.41) is 0. The highest BCUT2D eigenvalue weighted by molar-refractivity contribution is 5.90. The third-order valence-electron chi connectivity index (χ3n) is 3.71. The molecule has 2 aromatic carbocycles. The molecule has 1 atom stereocenters. The predicted octanol–water partition coefficient (Wildman–Crippen LogP) is 4.16. The van der Waals surface area contributed by atoms with Gasteiger partial charge in [-0.25, -0.2) is 0 Å². The summed E-state index contributed by atoms with van der Waals surface area (Å²) in [6.45, 7) is 0. The van der Waals surface area contributed by atoms with Crippen LogP contribution in [0.5, 0.6) is 11.5 Å². The Hall–Kier alpha value is -2.50. The average Bonchev–Trinajstić information content (AvgIpc) is 2.59. The smallest absolute Gasteiger partial charge is 0.450 e. The highest BCUT2D eigenvalue weighted by Gasteiger charge is 2.43. The minimum Gasteiger partial charge on any atom is -0.497 e. The third-order valence-corrected chi connectivity index (χ3v) is 3.71. The van der Waals surface area contributed by atoms with Crippen LogP contribution >= 0.6 is 0 Å². The Morgan fingerprint density at radius 2 is 1.38 bits per heavy atom. The minimum atomic E-state index is -4.89. The van der Waals surface area contributed by atoms with Gasteiger partial charge in [-0.2, -0.15) is 13.2 Å². The van der Waals surface area contributed by atoms with Crippen molar-refractivity contribution >= 4 is 5.78 Å². The number of methoxy groups -OCH3 is 2. The number of carbonyl (C=O) groups excluding carboxylic acids is 1. The molecule has 0 N–H and O–H groups in total. The molecule has 128 valence electrons. The summed E-state index contributed by atoms with van der Waals surface area (Å²) in [4.78, 5) is 11.9. The predicted molar refractivity (Wildman–Crippen MR) is 83.5 cm³/mol. The van der Waals surface area contributed by atoms with Crippen LogP contribution in [-0.4, -0.2) is 26.2 Å². The molecule has 0 aliphatic heterocycles. The molecule has 0 saturated heterocycles. The van der Waals surface area contributed by atoms with Gasteiger partial charge in [0, 0.05) is 0 Å². The third kappa shape index (κ3) is 4.28. The van der Waals surface area contributed by atoms with Crippen LogP contribution < -0.4 is 9.47 Å². The molecular formula is C18H17F3O3. The van der Waals surface area contributed by atoms with Gasteiger partial charge >= 0.3 is 6.18 Å². The van der Waals surface area contributed by atoms with Gasteiger partial charge in [-0.3, -0.25) is 4.79 Å².